The molecule has 0 bridgehead atoms. The smallest absolute Gasteiger partial charge is 0.208 e. The predicted molar refractivity (Wildman–Crippen MR) is 71.2 cm³/mol. The highest BCUT2D eigenvalue weighted by Crippen LogP contribution is 2.36. The maximum atomic E-state index is 4.39. The Hall–Kier alpha value is -0.550. The van der Waals surface area contributed by atoms with E-state index in [1.54, 1.807) is 0 Å². The van der Waals surface area contributed by atoms with Crippen molar-refractivity contribution in [3.63, 3.8) is 0 Å². The van der Waals surface area contributed by atoms with E-state index in [2.05, 4.69) is 34.5 Å². The fourth-order valence-corrected chi connectivity index (χ4v) is 3.92. The molecule has 1 aliphatic rings. The third-order valence-electron chi connectivity index (χ3n) is 3.68. The first-order valence-electron chi connectivity index (χ1n) is 6.45. The zero-order valence-corrected chi connectivity index (χ0v) is 11.7. The van der Waals surface area contributed by atoms with Crippen molar-refractivity contribution in [1.82, 2.24) is 20.5 Å². The summed E-state index contributed by atoms with van der Waals surface area (Å²) in [5.74, 6) is 1.77. The van der Waals surface area contributed by atoms with E-state index < -0.39 is 0 Å². The van der Waals surface area contributed by atoms with Gasteiger partial charge in [0, 0.05) is 11.3 Å². The molecule has 0 aliphatic heterocycles. The fourth-order valence-electron chi connectivity index (χ4n) is 2.55. The van der Waals surface area contributed by atoms with Crippen LogP contribution in [0.2, 0.25) is 0 Å². The molecule has 1 heterocycles. The summed E-state index contributed by atoms with van der Waals surface area (Å²) in [7, 11) is 2.06. The first kappa shape index (κ1) is 12.9. The molecule has 0 radical (unpaired) electrons. The molecule has 0 aromatic carbocycles. The van der Waals surface area contributed by atoms with Crippen LogP contribution in [0.25, 0.3) is 0 Å². The van der Waals surface area contributed by atoms with Crippen molar-refractivity contribution in [3.8, 4) is 0 Å². The summed E-state index contributed by atoms with van der Waals surface area (Å²) >= 11 is 1.82. The molecular weight excluding hydrogens is 232 g/mol. The van der Waals surface area contributed by atoms with Gasteiger partial charge in [-0.1, -0.05) is 25.1 Å². The first-order chi connectivity index (χ1) is 8.22. The Bertz CT molecular complexity index is 352. The van der Waals surface area contributed by atoms with Gasteiger partial charge in [-0.15, -0.1) is 5.10 Å². The molecule has 5 heteroatoms. The van der Waals surface area contributed by atoms with Gasteiger partial charge in [-0.3, -0.25) is 5.10 Å². The van der Waals surface area contributed by atoms with Crippen molar-refractivity contribution in [2.45, 2.75) is 56.0 Å². The molecule has 17 heavy (non-hydrogen) atoms. The largest absolute Gasteiger partial charge is 0.316 e. The summed E-state index contributed by atoms with van der Waals surface area (Å²) in [5, 5.41) is 12.1. The van der Waals surface area contributed by atoms with Crippen molar-refractivity contribution in [2.75, 3.05) is 7.05 Å². The van der Waals surface area contributed by atoms with E-state index in [9.17, 15) is 0 Å². The Morgan fingerprint density at radius 2 is 2.29 bits per heavy atom. The van der Waals surface area contributed by atoms with Gasteiger partial charge in [0.1, 0.15) is 5.82 Å². The van der Waals surface area contributed by atoms with Gasteiger partial charge in [0.05, 0.1) is 0 Å². The van der Waals surface area contributed by atoms with Crippen LogP contribution >= 0.6 is 11.8 Å². The summed E-state index contributed by atoms with van der Waals surface area (Å²) < 4.78 is 0. The SMILES string of the molecule is CCC1CCC(NC)C(Sc2n[nH]c(C)n2)C1. The quantitative estimate of drug-likeness (QED) is 0.866. The molecule has 1 aromatic heterocycles. The first-order valence-corrected chi connectivity index (χ1v) is 7.33. The highest BCUT2D eigenvalue weighted by Gasteiger charge is 2.30. The number of hydrogen-bond acceptors (Lipinski definition) is 4. The number of hydrogen-bond donors (Lipinski definition) is 2. The lowest BCUT2D eigenvalue weighted by molar-refractivity contribution is 0.304. The van der Waals surface area contributed by atoms with Gasteiger partial charge in [0.15, 0.2) is 0 Å². The van der Waals surface area contributed by atoms with Crippen LogP contribution in [0.15, 0.2) is 5.16 Å². The number of nitrogens with one attached hydrogen (secondary N) is 2. The Balaban J connectivity index is 2.00. The van der Waals surface area contributed by atoms with Gasteiger partial charge < -0.3 is 5.32 Å². The molecule has 0 saturated heterocycles. The number of rotatable bonds is 4. The zero-order chi connectivity index (χ0) is 12.3. The number of aromatic nitrogens is 3. The lowest BCUT2D eigenvalue weighted by atomic mass is 9.84. The van der Waals surface area contributed by atoms with Crippen molar-refractivity contribution < 1.29 is 0 Å². The number of thioether (sulfide) groups is 1. The average molecular weight is 254 g/mol. The fraction of sp³-hybridized carbons (Fsp3) is 0.833. The minimum Gasteiger partial charge on any atom is -0.316 e. The number of nitrogens with zero attached hydrogens (tertiary/aromatic N) is 2. The average Bonchev–Trinajstić information content (AvgIpc) is 2.74. The zero-order valence-electron chi connectivity index (χ0n) is 10.9. The molecule has 3 atom stereocenters. The minimum absolute atomic E-state index is 0.599. The van der Waals surface area contributed by atoms with Crippen LogP contribution < -0.4 is 5.32 Å². The molecule has 1 aromatic rings. The van der Waals surface area contributed by atoms with Crippen LogP contribution in [-0.4, -0.2) is 33.5 Å². The summed E-state index contributed by atoms with van der Waals surface area (Å²) in [4.78, 5) is 4.39. The molecule has 0 spiro atoms. The van der Waals surface area contributed by atoms with Crippen molar-refractivity contribution in [3.05, 3.63) is 5.82 Å². The Morgan fingerprint density at radius 1 is 1.47 bits per heavy atom. The number of aryl methyl sites for hydroxylation is 1. The molecule has 0 amide bonds. The van der Waals surface area contributed by atoms with E-state index in [1.807, 2.05) is 18.7 Å². The Labute approximate surface area is 107 Å². The lowest BCUT2D eigenvalue weighted by Crippen LogP contribution is -2.40. The maximum absolute atomic E-state index is 4.39. The Kier molecular flexibility index (Phi) is 4.45. The van der Waals surface area contributed by atoms with Crippen LogP contribution in [0, 0.1) is 12.8 Å². The molecule has 2 rings (SSSR count). The molecule has 4 nitrogen and oxygen atoms in total. The van der Waals surface area contributed by atoms with E-state index in [-0.39, 0.29) is 0 Å². The Morgan fingerprint density at radius 3 is 2.88 bits per heavy atom. The lowest BCUT2D eigenvalue weighted by Gasteiger charge is -2.34. The van der Waals surface area contributed by atoms with Gasteiger partial charge >= 0.3 is 0 Å². The van der Waals surface area contributed by atoms with E-state index >= 15 is 0 Å². The molecule has 96 valence electrons. The van der Waals surface area contributed by atoms with Gasteiger partial charge in [0.2, 0.25) is 5.16 Å². The van der Waals surface area contributed by atoms with E-state index in [4.69, 9.17) is 0 Å². The predicted octanol–water partition coefficient (Wildman–Crippen LogP) is 2.37. The van der Waals surface area contributed by atoms with Crippen LogP contribution in [0.5, 0.6) is 0 Å². The van der Waals surface area contributed by atoms with Gasteiger partial charge in [-0.2, -0.15) is 0 Å². The molecule has 1 aliphatic carbocycles. The third-order valence-corrected chi connectivity index (χ3v) is 4.90. The maximum Gasteiger partial charge on any atom is 0.208 e. The second kappa shape index (κ2) is 5.87. The number of aromatic amines is 1. The van der Waals surface area contributed by atoms with Crippen LogP contribution in [0.1, 0.15) is 38.4 Å². The van der Waals surface area contributed by atoms with E-state index in [1.165, 1.54) is 25.7 Å². The second-order valence-corrected chi connectivity index (χ2v) is 6.05. The van der Waals surface area contributed by atoms with E-state index in [0.29, 0.717) is 11.3 Å². The van der Waals surface area contributed by atoms with E-state index in [0.717, 1.165) is 16.9 Å². The highest BCUT2D eigenvalue weighted by atomic mass is 32.2. The highest BCUT2D eigenvalue weighted by molar-refractivity contribution is 7.99. The van der Waals surface area contributed by atoms with Crippen LogP contribution in [-0.2, 0) is 0 Å². The van der Waals surface area contributed by atoms with Crippen molar-refractivity contribution >= 4 is 11.8 Å². The van der Waals surface area contributed by atoms with Crippen molar-refractivity contribution in [2.24, 2.45) is 5.92 Å². The van der Waals surface area contributed by atoms with Gasteiger partial charge in [0.25, 0.3) is 0 Å². The van der Waals surface area contributed by atoms with Gasteiger partial charge in [-0.05, 0) is 39.2 Å². The van der Waals surface area contributed by atoms with Crippen molar-refractivity contribution in [1.29, 1.82) is 0 Å². The summed E-state index contributed by atoms with van der Waals surface area (Å²) in [5.41, 5.74) is 0. The molecule has 3 unspecified atom stereocenters. The topological polar surface area (TPSA) is 53.6 Å². The minimum atomic E-state index is 0.599. The normalized spacial score (nSPS) is 29.5. The molecule has 1 fully saturated rings. The summed E-state index contributed by atoms with van der Waals surface area (Å²) in [6, 6.07) is 0.599. The molecule has 2 N–H and O–H groups in total. The molecular formula is C12H22N4S. The van der Waals surface area contributed by atoms with Gasteiger partial charge in [-0.25, -0.2) is 4.98 Å². The van der Waals surface area contributed by atoms with Crippen LogP contribution in [0.4, 0.5) is 0 Å². The standard InChI is InChI=1S/C12H22N4S/c1-4-9-5-6-10(13-3)11(7-9)17-12-14-8(2)15-16-12/h9-11,13H,4-7H2,1-3H3,(H,14,15,16). The summed E-state index contributed by atoms with van der Waals surface area (Å²) in [6.45, 7) is 4.24. The second-order valence-electron chi connectivity index (χ2n) is 4.84. The number of H-pyrrole nitrogens is 1. The monoisotopic (exact) mass is 254 g/mol. The third kappa shape index (κ3) is 3.22. The summed E-state index contributed by atoms with van der Waals surface area (Å²) in [6.07, 6.45) is 5.20. The van der Waals surface area contributed by atoms with Crippen LogP contribution in [0.3, 0.4) is 0 Å². The molecule has 1 saturated carbocycles.